The normalized spacial score (nSPS) is 13.7. The highest BCUT2D eigenvalue weighted by molar-refractivity contribution is 5.47. The highest BCUT2D eigenvalue weighted by atomic mass is 16.5. The molecule has 0 atom stereocenters. The summed E-state index contributed by atoms with van der Waals surface area (Å²) in [5, 5.41) is 17.6. The van der Waals surface area contributed by atoms with Crippen LogP contribution < -0.4 is 10.4 Å². The van der Waals surface area contributed by atoms with Crippen LogP contribution in [0.15, 0.2) is 41.2 Å². The quantitative estimate of drug-likeness (QED) is 0.725. The number of hydrogen-bond donors (Lipinski definition) is 1. The number of ether oxygens (including phenoxy) is 1. The van der Waals surface area contributed by atoms with Gasteiger partial charge >= 0.3 is 5.69 Å². The number of aryl methyl sites for hydroxylation is 2. The molecule has 1 aromatic heterocycles. The Morgan fingerprint density at radius 2 is 2.04 bits per heavy atom. The van der Waals surface area contributed by atoms with E-state index in [-0.39, 0.29) is 11.4 Å². The number of tetrazole rings is 1. The van der Waals surface area contributed by atoms with Gasteiger partial charge in [-0.1, -0.05) is 19.1 Å². The Hall–Kier alpha value is -3.09. The highest BCUT2D eigenvalue weighted by Crippen LogP contribution is 2.45. The second kappa shape index (κ2) is 6.90. The first-order valence-corrected chi connectivity index (χ1v) is 9.14. The maximum Gasteiger partial charge on any atom is 0.368 e. The van der Waals surface area contributed by atoms with Crippen molar-refractivity contribution in [2.24, 2.45) is 7.05 Å². The molecule has 1 saturated carbocycles. The van der Waals surface area contributed by atoms with Crippen LogP contribution in [0.25, 0.3) is 5.69 Å². The van der Waals surface area contributed by atoms with E-state index in [0.717, 1.165) is 41.7 Å². The minimum Gasteiger partial charge on any atom is -0.508 e. The molecule has 3 aromatic rings. The number of aromatic nitrogens is 4. The van der Waals surface area contributed by atoms with E-state index >= 15 is 0 Å². The smallest absolute Gasteiger partial charge is 0.368 e. The number of nitrogens with zero attached hydrogens (tertiary/aromatic N) is 4. The van der Waals surface area contributed by atoms with Crippen LogP contribution in [0.3, 0.4) is 0 Å². The third-order valence-electron chi connectivity index (χ3n) is 4.96. The molecule has 0 radical (unpaired) electrons. The molecule has 0 bridgehead atoms. The number of phenols is 1. The number of phenolic OH excluding ortho intramolecular Hbond substituents is 1. The fraction of sp³-hybridized carbons (Fsp3) is 0.350. The van der Waals surface area contributed by atoms with Crippen LogP contribution in [0.2, 0.25) is 0 Å². The number of rotatable bonds is 6. The molecule has 0 unspecified atom stereocenters. The van der Waals surface area contributed by atoms with Crippen molar-refractivity contribution in [3.05, 3.63) is 63.6 Å². The highest BCUT2D eigenvalue weighted by Gasteiger charge is 2.27. The molecule has 1 fully saturated rings. The van der Waals surface area contributed by atoms with Gasteiger partial charge in [-0.2, -0.15) is 9.36 Å². The summed E-state index contributed by atoms with van der Waals surface area (Å²) in [4.78, 5) is 12.3. The average Bonchev–Trinajstić information content (AvgIpc) is 3.47. The fourth-order valence-corrected chi connectivity index (χ4v) is 3.31. The number of benzene rings is 2. The van der Waals surface area contributed by atoms with E-state index in [1.54, 1.807) is 19.2 Å². The third-order valence-corrected chi connectivity index (χ3v) is 4.96. The molecule has 1 heterocycles. The monoisotopic (exact) mass is 366 g/mol. The van der Waals surface area contributed by atoms with Crippen molar-refractivity contribution in [2.75, 3.05) is 0 Å². The molecule has 27 heavy (non-hydrogen) atoms. The third kappa shape index (κ3) is 3.32. The van der Waals surface area contributed by atoms with Gasteiger partial charge in [-0.15, -0.1) is 0 Å². The van der Waals surface area contributed by atoms with Crippen LogP contribution in [0.4, 0.5) is 0 Å². The Kier molecular flexibility index (Phi) is 4.43. The lowest BCUT2D eigenvalue weighted by molar-refractivity contribution is 0.300. The molecule has 7 nitrogen and oxygen atoms in total. The molecule has 1 aliphatic carbocycles. The van der Waals surface area contributed by atoms with Crippen molar-refractivity contribution in [3.8, 4) is 17.2 Å². The summed E-state index contributed by atoms with van der Waals surface area (Å²) in [7, 11) is 1.57. The van der Waals surface area contributed by atoms with Gasteiger partial charge < -0.3 is 9.84 Å². The summed E-state index contributed by atoms with van der Waals surface area (Å²) >= 11 is 0. The summed E-state index contributed by atoms with van der Waals surface area (Å²) in [5.74, 6) is 1.49. The topological polar surface area (TPSA) is 82.2 Å². The lowest BCUT2D eigenvalue weighted by Crippen LogP contribution is -2.23. The second-order valence-electron chi connectivity index (χ2n) is 6.85. The SMILES string of the molecule is CCc1cccc(-n2nnn(C)c2=O)c1COc1ccc(O)cc1C1CC1. The van der Waals surface area contributed by atoms with Gasteiger partial charge in [0.2, 0.25) is 0 Å². The Morgan fingerprint density at radius 3 is 2.70 bits per heavy atom. The molecule has 1 aliphatic rings. The largest absolute Gasteiger partial charge is 0.508 e. The molecule has 0 spiro atoms. The lowest BCUT2D eigenvalue weighted by Gasteiger charge is -2.16. The Morgan fingerprint density at radius 1 is 1.22 bits per heavy atom. The van der Waals surface area contributed by atoms with Gasteiger partial charge in [0.25, 0.3) is 0 Å². The summed E-state index contributed by atoms with van der Waals surface area (Å²) in [6, 6.07) is 11.0. The van der Waals surface area contributed by atoms with Gasteiger partial charge in [0, 0.05) is 18.2 Å². The van der Waals surface area contributed by atoms with Gasteiger partial charge in [0.15, 0.2) is 0 Å². The van der Waals surface area contributed by atoms with Crippen molar-refractivity contribution in [1.82, 2.24) is 19.8 Å². The molecule has 0 saturated heterocycles. The molecular formula is C20H22N4O3. The van der Waals surface area contributed by atoms with Crippen LogP contribution in [0.1, 0.15) is 42.4 Å². The fourth-order valence-electron chi connectivity index (χ4n) is 3.31. The molecule has 0 aliphatic heterocycles. The molecule has 1 N–H and O–H groups in total. The number of hydrogen-bond acceptors (Lipinski definition) is 5. The Balaban J connectivity index is 1.70. The minimum absolute atomic E-state index is 0.255. The summed E-state index contributed by atoms with van der Waals surface area (Å²) in [6.07, 6.45) is 3.05. The van der Waals surface area contributed by atoms with Crippen LogP contribution >= 0.6 is 0 Å². The van der Waals surface area contributed by atoms with Crippen molar-refractivity contribution >= 4 is 0 Å². The maximum absolute atomic E-state index is 12.3. The van der Waals surface area contributed by atoms with Crippen LogP contribution in [-0.2, 0) is 20.1 Å². The van der Waals surface area contributed by atoms with E-state index < -0.39 is 0 Å². The molecular weight excluding hydrogens is 344 g/mol. The van der Waals surface area contributed by atoms with Crippen molar-refractivity contribution in [1.29, 1.82) is 0 Å². The first kappa shape index (κ1) is 17.3. The predicted octanol–water partition coefficient (Wildman–Crippen LogP) is 2.69. The number of aromatic hydroxyl groups is 1. The van der Waals surface area contributed by atoms with Gasteiger partial charge in [0.05, 0.1) is 5.69 Å². The minimum atomic E-state index is -0.298. The average molecular weight is 366 g/mol. The molecule has 2 aromatic carbocycles. The second-order valence-corrected chi connectivity index (χ2v) is 6.85. The molecule has 0 amide bonds. The summed E-state index contributed by atoms with van der Waals surface area (Å²) in [5.41, 5.74) is 3.43. The van der Waals surface area contributed by atoms with Gasteiger partial charge in [-0.25, -0.2) is 4.79 Å². The van der Waals surface area contributed by atoms with Gasteiger partial charge in [-0.05, 0) is 65.4 Å². The maximum atomic E-state index is 12.3. The summed E-state index contributed by atoms with van der Waals surface area (Å²) in [6.45, 7) is 2.38. The zero-order valence-corrected chi connectivity index (χ0v) is 15.4. The zero-order valence-electron chi connectivity index (χ0n) is 15.4. The van der Waals surface area contributed by atoms with E-state index in [1.165, 1.54) is 9.36 Å². The van der Waals surface area contributed by atoms with E-state index in [9.17, 15) is 9.90 Å². The molecule has 140 valence electrons. The van der Waals surface area contributed by atoms with Crippen molar-refractivity contribution < 1.29 is 9.84 Å². The molecule has 4 rings (SSSR count). The Labute approximate surface area is 156 Å². The van der Waals surface area contributed by atoms with Gasteiger partial charge in [0.1, 0.15) is 18.1 Å². The standard InChI is InChI=1S/C20H22N4O3/c1-3-13-5-4-6-18(24-20(26)23(2)21-22-24)17(13)12-27-19-10-9-15(25)11-16(19)14-7-8-14/h4-6,9-11,14,25H,3,7-8,12H2,1-2H3. The van der Waals surface area contributed by atoms with Gasteiger partial charge in [-0.3, -0.25) is 0 Å². The van der Waals surface area contributed by atoms with Crippen LogP contribution in [-0.4, -0.2) is 24.9 Å². The summed E-state index contributed by atoms with van der Waals surface area (Å²) < 4.78 is 8.65. The van der Waals surface area contributed by atoms with E-state index in [0.29, 0.717) is 18.2 Å². The van der Waals surface area contributed by atoms with Crippen molar-refractivity contribution in [2.45, 2.75) is 38.7 Å². The first-order chi connectivity index (χ1) is 13.1. The first-order valence-electron chi connectivity index (χ1n) is 9.14. The van der Waals surface area contributed by atoms with E-state index in [4.69, 9.17) is 4.74 Å². The lowest BCUT2D eigenvalue weighted by atomic mass is 10.0. The van der Waals surface area contributed by atoms with Crippen LogP contribution in [0, 0.1) is 0 Å². The van der Waals surface area contributed by atoms with E-state index in [1.807, 2.05) is 24.3 Å². The predicted molar refractivity (Wildman–Crippen MR) is 100 cm³/mol. The zero-order chi connectivity index (χ0) is 19.0. The van der Waals surface area contributed by atoms with Crippen LogP contribution in [0.5, 0.6) is 11.5 Å². The van der Waals surface area contributed by atoms with Crippen molar-refractivity contribution in [3.63, 3.8) is 0 Å². The Bertz CT molecular complexity index is 1030. The van der Waals surface area contributed by atoms with E-state index in [2.05, 4.69) is 17.4 Å². The molecule has 7 heteroatoms.